The number of hydrogen-bond donors (Lipinski definition) is 2. The maximum Gasteiger partial charge on any atom is 0.273 e. The van der Waals surface area contributed by atoms with Gasteiger partial charge in [0.05, 0.1) is 12.7 Å². The SMILES string of the molecule is COc1ccc(F)cc1C(=O)NNC(=O)c1ccc(F)cc1. The summed E-state index contributed by atoms with van der Waals surface area (Å²) in [5, 5.41) is 0. The molecule has 0 bridgehead atoms. The lowest BCUT2D eigenvalue weighted by molar-refractivity contribution is 0.0844. The molecule has 0 spiro atoms. The molecule has 7 heteroatoms. The van der Waals surface area contributed by atoms with Crippen molar-refractivity contribution in [2.75, 3.05) is 7.11 Å². The van der Waals surface area contributed by atoms with Gasteiger partial charge in [-0.25, -0.2) is 8.78 Å². The van der Waals surface area contributed by atoms with Crippen molar-refractivity contribution in [2.24, 2.45) is 0 Å². The van der Waals surface area contributed by atoms with E-state index in [9.17, 15) is 18.4 Å². The lowest BCUT2D eigenvalue weighted by Crippen LogP contribution is -2.41. The third-order valence-electron chi connectivity index (χ3n) is 2.80. The number of ether oxygens (including phenoxy) is 1. The van der Waals surface area contributed by atoms with Crippen LogP contribution in [0.15, 0.2) is 42.5 Å². The Hall–Kier alpha value is -2.96. The van der Waals surface area contributed by atoms with E-state index < -0.39 is 23.4 Å². The van der Waals surface area contributed by atoms with Crippen LogP contribution < -0.4 is 15.6 Å². The van der Waals surface area contributed by atoms with Gasteiger partial charge in [0.25, 0.3) is 11.8 Å². The molecule has 0 heterocycles. The number of methoxy groups -OCH3 is 1. The summed E-state index contributed by atoms with van der Waals surface area (Å²) in [5.41, 5.74) is 4.38. The van der Waals surface area contributed by atoms with Gasteiger partial charge >= 0.3 is 0 Å². The van der Waals surface area contributed by atoms with Crippen LogP contribution in [0.1, 0.15) is 20.7 Å². The fraction of sp³-hybridized carbons (Fsp3) is 0.0667. The number of nitrogens with one attached hydrogen (secondary N) is 2. The lowest BCUT2D eigenvalue weighted by Gasteiger charge is -2.10. The quantitative estimate of drug-likeness (QED) is 0.853. The summed E-state index contributed by atoms with van der Waals surface area (Å²) >= 11 is 0. The lowest BCUT2D eigenvalue weighted by atomic mass is 10.2. The van der Waals surface area contributed by atoms with Crippen molar-refractivity contribution in [2.45, 2.75) is 0 Å². The van der Waals surface area contributed by atoms with Crippen molar-refractivity contribution in [3.8, 4) is 5.75 Å². The molecule has 0 unspecified atom stereocenters. The van der Waals surface area contributed by atoms with E-state index in [0.29, 0.717) is 0 Å². The van der Waals surface area contributed by atoms with Gasteiger partial charge in [0.2, 0.25) is 0 Å². The number of benzene rings is 2. The minimum Gasteiger partial charge on any atom is -0.496 e. The zero-order valence-corrected chi connectivity index (χ0v) is 11.5. The van der Waals surface area contributed by atoms with Crippen LogP contribution in [0.5, 0.6) is 5.75 Å². The first kappa shape index (κ1) is 15.4. The van der Waals surface area contributed by atoms with Gasteiger partial charge in [0, 0.05) is 5.56 Å². The molecule has 0 aliphatic rings. The maximum absolute atomic E-state index is 13.2. The summed E-state index contributed by atoms with van der Waals surface area (Å²) in [6, 6.07) is 8.19. The van der Waals surface area contributed by atoms with Gasteiger partial charge < -0.3 is 4.74 Å². The molecular formula is C15H12F2N2O3. The van der Waals surface area contributed by atoms with Crippen LogP contribution in [0.3, 0.4) is 0 Å². The molecule has 5 nitrogen and oxygen atoms in total. The van der Waals surface area contributed by atoms with E-state index in [4.69, 9.17) is 4.74 Å². The third-order valence-corrected chi connectivity index (χ3v) is 2.80. The van der Waals surface area contributed by atoms with Crippen molar-refractivity contribution in [1.29, 1.82) is 0 Å². The molecule has 2 N–H and O–H groups in total. The molecule has 0 radical (unpaired) electrons. The summed E-state index contributed by atoms with van der Waals surface area (Å²) < 4.78 is 30.9. The molecule has 22 heavy (non-hydrogen) atoms. The topological polar surface area (TPSA) is 67.4 Å². The standard InChI is InChI=1S/C15H12F2N2O3/c1-22-13-7-6-11(17)8-12(13)15(21)19-18-14(20)9-2-4-10(16)5-3-9/h2-8H,1H3,(H,18,20)(H,19,21). The fourth-order valence-corrected chi connectivity index (χ4v) is 1.71. The number of halogens is 2. The van der Waals surface area contributed by atoms with Crippen LogP contribution in [0.25, 0.3) is 0 Å². The molecule has 0 saturated carbocycles. The molecule has 2 aromatic carbocycles. The van der Waals surface area contributed by atoms with E-state index in [0.717, 1.165) is 24.3 Å². The van der Waals surface area contributed by atoms with Crippen LogP contribution in [-0.2, 0) is 0 Å². The number of rotatable bonds is 3. The summed E-state index contributed by atoms with van der Waals surface area (Å²) in [5.74, 6) is -2.31. The molecule has 2 rings (SSSR count). The van der Waals surface area contributed by atoms with Crippen molar-refractivity contribution >= 4 is 11.8 Å². The molecule has 0 atom stereocenters. The Balaban J connectivity index is 2.05. The predicted molar refractivity (Wildman–Crippen MR) is 74.3 cm³/mol. The van der Waals surface area contributed by atoms with Crippen LogP contribution in [-0.4, -0.2) is 18.9 Å². The highest BCUT2D eigenvalue weighted by molar-refractivity contribution is 6.00. The second kappa shape index (κ2) is 6.66. The van der Waals surface area contributed by atoms with Gasteiger partial charge in [-0.1, -0.05) is 0 Å². The molecule has 114 valence electrons. The first-order valence-corrected chi connectivity index (χ1v) is 6.21. The average Bonchev–Trinajstić information content (AvgIpc) is 2.53. The minimum atomic E-state index is -0.744. The van der Waals surface area contributed by atoms with Crippen LogP contribution >= 0.6 is 0 Å². The smallest absolute Gasteiger partial charge is 0.273 e. The van der Waals surface area contributed by atoms with Crippen LogP contribution in [0.4, 0.5) is 8.78 Å². The normalized spacial score (nSPS) is 9.95. The highest BCUT2D eigenvalue weighted by Gasteiger charge is 2.14. The van der Waals surface area contributed by atoms with E-state index >= 15 is 0 Å². The first-order valence-electron chi connectivity index (χ1n) is 6.21. The zero-order chi connectivity index (χ0) is 16.1. The number of amides is 2. The van der Waals surface area contributed by atoms with E-state index in [2.05, 4.69) is 10.9 Å². The first-order chi connectivity index (χ1) is 10.5. The summed E-state index contributed by atoms with van der Waals surface area (Å²) in [6.07, 6.45) is 0. The van der Waals surface area contributed by atoms with Gasteiger partial charge in [-0.15, -0.1) is 0 Å². The van der Waals surface area contributed by atoms with Gasteiger partial charge in [0.15, 0.2) is 0 Å². The summed E-state index contributed by atoms with van der Waals surface area (Å²) in [7, 11) is 1.33. The number of carbonyl (C=O) groups excluding carboxylic acids is 2. The van der Waals surface area contributed by atoms with E-state index in [1.54, 1.807) is 0 Å². The monoisotopic (exact) mass is 306 g/mol. The second-order valence-electron chi connectivity index (χ2n) is 4.26. The molecule has 2 aromatic rings. The Kier molecular flexibility index (Phi) is 4.67. The number of carbonyl (C=O) groups is 2. The molecular weight excluding hydrogens is 294 g/mol. The van der Waals surface area contributed by atoms with E-state index in [-0.39, 0.29) is 16.9 Å². The maximum atomic E-state index is 13.2. The predicted octanol–water partition coefficient (Wildman–Crippen LogP) is 2.05. The number of hydrazine groups is 1. The molecule has 2 amide bonds. The van der Waals surface area contributed by atoms with E-state index in [1.165, 1.54) is 25.3 Å². The Morgan fingerprint density at radius 2 is 1.50 bits per heavy atom. The Labute approximate surface area is 124 Å². The van der Waals surface area contributed by atoms with Crippen molar-refractivity contribution in [3.63, 3.8) is 0 Å². The van der Waals surface area contributed by atoms with Crippen molar-refractivity contribution in [3.05, 3.63) is 65.2 Å². The van der Waals surface area contributed by atoms with Crippen molar-refractivity contribution in [1.82, 2.24) is 10.9 Å². The zero-order valence-electron chi connectivity index (χ0n) is 11.5. The number of hydrogen-bond acceptors (Lipinski definition) is 3. The van der Waals surface area contributed by atoms with Crippen LogP contribution in [0.2, 0.25) is 0 Å². The summed E-state index contributed by atoms with van der Waals surface area (Å²) in [6.45, 7) is 0. The second-order valence-corrected chi connectivity index (χ2v) is 4.26. The van der Waals surface area contributed by atoms with E-state index in [1.807, 2.05) is 0 Å². The molecule has 0 aliphatic heterocycles. The third kappa shape index (κ3) is 3.57. The highest BCUT2D eigenvalue weighted by atomic mass is 19.1. The van der Waals surface area contributed by atoms with Gasteiger partial charge in [-0.3, -0.25) is 20.4 Å². The highest BCUT2D eigenvalue weighted by Crippen LogP contribution is 2.18. The Morgan fingerprint density at radius 3 is 2.14 bits per heavy atom. The fourth-order valence-electron chi connectivity index (χ4n) is 1.71. The van der Waals surface area contributed by atoms with Crippen LogP contribution in [0, 0.1) is 11.6 Å². The minimum absolute atomic E-state index is 0.0677. The Morgan fingerprint density at radius 1 is 0.909 bits per heavy atom. The molecule has 0 aliphatic carbocycles. The van der Waals surface area contributed by atoms with Crippen molar-refractivity contribution < 1.29 is 23.1 Å². The Bertz CT molecular complexity index is 702. The molecule has 0 fully saturated rings. The van der Waals surface area contributed by atoms with Gasteiger partial charge in [0.1, 0.15) is 17.4 Å². The van der Waals surface area contributed by atoms with Gasteiger partial charge in [-0.05, 0) is 42.5 Å². The van der Waals surface area contributed by atoms with Gasteiger partial charge in [-0.2, -0.15) is 0 Å². The molecule has 0 saturated heterocycles. The summed E-state index contributed by atoms with van der Waals surface area (Å²) in [4.78, 5) is 23.7. The largest absolute Gasteiger partial charge is 0.496 e. The average molecular weight is 306 g/mol. The molecule has 0 aromatic heterocycles.